The van der Waals surface area contributed by atoms with Crippen LogP contribution >= 0.6 is 11.3 Å². The van der Waals surface area contributed by atoms with Gasteiger partial charge in [0.2, 0.25) is 0 Å². The molecule has 16 heavy (non-hydrogen) atoms. The molecule has 1 aromatic heterocycles. The molecule has 0 aliphatic carbocycles. The van der Waals surface area contributed by atoms with Crippen molar-refractivity contribution in [3.63, 3.8) is 0 Å². The topological polar surface area (TPSA) is 32.3 Å². The van der Waals surface area contributed by atoms with Gasteiger partial charge in [-0.15, -0.1) is 0 Å². The van der Waals surface area contributed by atoms with Crippen molar-refractivity contribution in [2.75, 3.05) is 26.2 Å². The number of rotatable bonds is 4. The molecule has 2 heterocycles. The van der Waals surface area contributed by atoms with Gasteiger partial charge in [-0.1, -0.05) is 6.42 Å². The van der Waals surface area contributed by atoms with Gasteiger partial charge in [0.25, 0.3) is 5.91 Å². The van der Waals surface area contributed by atoms with Gasteiger partial charge in [0, 0.05) is 24.0 Å². The predicted molar refractivity (Wildman–Crippen MR) is 66.9 cm³/mol. The second kappa shape index (κ2) is 6.01. The fourth-order valence-corrected chi connectivity index (χ4v) is 2.64. The molecule has 0 bridgehead atoms. The maximum absolute atomic E-state index is 11.6. The lowest BCUT2D eigenvalue weighted by atomic mass is 10.1. The van der Waals surface area contributed by atoms with Gasteiger partial charge in [-0.25, -0.2) is 0 Å². The van der Waals surface area contributed by atoms with Crippen molar-refractivity contribution in [1.29, 1.82) is 0 Å². The molecule has 0 radical (unpaired) electrons. The van der Waals surface area contributed by atoms with Gasteiger partial charge in [-0.3, -0.25) is 4.79 Å². The van der Waals surface area contributed by atoms with Gasteiger partial charge in [0.1, 0.15) is 0 Å². The Balaban J connectivity index is 1.66. The van der Waals surface area contributed by atoms with Gasteiger partial charge in [-0.05, 0) is 37.4 Å². The Labute approximate surface area is 100 Å². The zero-order valence-corrected chi connectivity index (χ0v) is 10.3. The molecule has 4 heteroatoms. The number of amides is 1. The molecule has 1 aliphatic rings. The summed E-state index contributed by atoms with van der Waals surface area (Å²) in [7, 11) is 0. The fourth-order valence-electron chi connectivity index (χ4n) is 2.01. The SMILES string of the molecule is O=C(NCCN1CCCCC1)c1ccsc1. The van der Waals surface area contributed by atoms with Crippen LogP contribution in [-0.4, -0.2) is 37.0 Å². The third-order valence-electron chi connectivity index (χ3n) is 2.95. The minimum atomic E-state index is 0.0539. The Kier molecular flexibility index (Phi) is 4.36. The van der Waals surface area contributed by atoms with Crippen molar-refractivity contribution >= 4 is 17.2 Å². The lowest BCUT2D eigenvalue weighted by Crippen LogP contribution is -2.37. The number of carbonyl (C=O) groups is 1. The van der Waals surface area contributed by atoms with E-state index >= 15 is 0 Å². The maximum Gasteiger partial charge on any atom is 0.252 e. The van der Waals surface area contributed by atoms with Crippen molar-refractivity contribution in [2.24, 2.45) is 0 Å². The Morgan fingerprint density at radius 1 is 1.38 bits per heavy atom. The van der Waals surface area contributed by atoms with Crippen LogP contribution in [0.25, 0.3) is 0 Å². The largest absolute Gasteiger partial charge is 0.351 e. The van der Waals surface area contributed by atoms with Crippen LogP contribution in [0.5, 0.6) is 0 Å². The summed E-state index contributed by atoms with van der Waals surface area (Å²) in [5, 5.41) is 6.77. The minimum Gasteiger partial charge on any atom is -0.351 e. The van der Waals surface area contributed by atoms with Crippen LogP contribution in [0, 0.1) is 0 Å². The number of hydrogen-bond donors (Lipinski definition) is 1. The molecule has 0 unspecified atom stereocenters. The van der Waals surface area contributed by atoms with Gasteiger partial charge < -0.3 is 10.2 Å². The summed E-state index contributed by atoms with van der Waals surface area (Å²) < 4.78 is 0. The zero-order chi connectivity index (χ0) is 11.2. The minimum absolute atomic E-state index is 0.0539. The molecule has 0 atom stereocenters. The van der Waals surface area contributed by atoms with Crippen molar-refractivity contribution < 1.29 is 4.79 Å². The van der Waals surface area contributed by atoms with E-state index in [1.54, 1.807) is 11.3 Å². The highest BCUT2D eigenvalue weighted by Crippen LogP contribution is 2.08. The molecule has 0 saturated carbocycles. The molecule has 88 valence electrons. The summed E-state index contributed by atoms with van der Waals surface area (Å²) in [5.41, 5.74) is 0.781. The van der Waals surface area contributed by atoms with Gasteiger partial charge in [-0.2, -0.15) is 11.3 Å². The van der Waals surface area contributed by atoms with E-state index < -0.39 is 0 Å². The van der Waals surface area contributed by atoms with Crippen LogP contribution in [0.1, 0.15) is 29.6 Å². The number of nitrogens with zero attached hydrogens (tertiary/aromatic N) is 1. The lowest BCUT2D eigenvalue weighted by Gasteiger charge is -2.26. The number of piperidine rings is 1. The highest BCUT2D eigenvalue weighted by molar-refractivity contribution is 7.08. The van der Waals surface area contributed by atoms with Crippen molar-refractivity contribution in [3.8, 4) is 0 Å². The standard InChI is InChI=1S/C12H18N2OS/c15-12(11-4-9-16-10-11)13-5-8-14-6-2-1-3-7-14/h4,9-10H,1-3,5-8H2,(H,13,15). The molecule has 1 N–H and O–H groups in total. The number of likely N-dealkylation sites (tertiary alicyclic amines) is 1. The van der Waals surface area contributed by atoms with Gasteiger partial charge in [0.15, 0.2) is 0 Å². The summed E-state index contributed by atoms with van der Waals surface area (Å²) in [6.45, 7) is 4.12. The summed E-state index contributed by atoms with van der Waals surface area (Å²) in [6.07, 6.45) is 3.97. The number of thiophene rings is 1. The summed E-state index contributed by atoms with van der Waals surface area (Å²) >= 11 is 1.56. The van der Waals surface area contributed by atoms with Crippen LogP contribution in [0.3, 0.4) is 0 Å². The van der Waals surface area contributed by atoms with Crippen molar-refractivity contribution in [2.45, 2.75) is 19.3 Å². The number of hydrogen-bond acceptors (Lipinski definition) is 3. The first-order chi connectivity index (χ1) is 7.86. The maximum atomic E-state index is 11.6. The van der Waals surface area contributed by atoms with Crippen molar-refractivity contribution in [3.05, 3.63) is 22.4 Å². The van der Waals surface area contributed by atoms with Crippen LogP contribution in [0.4, 0.5) is 0 Å². The first-order valence-corrected chi connectivity index (χ1v) is 6.83. The van der Waals surface area contributed by atoms with E-state index in [-0.39, 0.29) is 5.91 Å². The monoisotopic (exact) mass is 238 g/mol. The highest BCUT2D eigenvalue weighted by atomic mass is 32.1. The Morgan fingerprint density at radius 3 is 2.88 bits per heavy atom. The summed E-state index contributed by atoms with van der Waals surface area (Å²) in [4.78, 5) is 14.1. The van der Waals surface area contributed by atoms with Crippen molar-refractivity contribution in [1.82, 2.24) is 10.2 Å². The zero-order valence-electron chi connectivity index (χ0n) is 9.45. The second-order valence-corrected chi connectivity index (χ2v) is 4.95. The predicted octanol–water partition coefficient (Wildman–Crippen LogP) is 1.96. The third kappa shape index (κ3) is 3.32. The van der Waals surface area contributed by atoms with Crippen LogP contribution in [0.15, 0.2) is 16.8 Å². The molecular weight excluding hydrogens is 220 g/mol. The van der Waals surface area contributed by atoms with E-state index in [9.17, 15) is 4.79 Å². The lowest BCUT2D eigenvalue weighted by molar-refractivity contribution is 0.0947. The van der Waals surface area contributed by atoms with E-state index in [1.807, 2.05) is 16.8 Å². The molecule has 1 aliphatic heterocycles. The molecule has 1 saturated heterocycles. The summed E-state index contributed by atoms with van der Waals surface area (Å²) in [5.74, 6) is 0.0539. The first-order valence-electron chi connectivity index (χ1n) is 5.89. The normalized spacial score (nSPS) is 17.2. The van der Waals surface area contributed by atoms with Crippen LogP contribution < -0.4 is 5.32 Å². The van der Waals surface area contributed by atoms with E-state index in [2.05, 4.69) is 10.2 Å². The van der Waals surface area contributed by atoms with Crippen LogP contribution in [0.2, 0.25) is 0 Å². The molecule has 1 aromatic rings. The van der Waals surface area contributed by atoms with Crippen LogP contribution in [-0.2, 0) is 0 Å². The summed E-state index contributed by atoms with van der Waals surface area (Å²) in [6, 6.07) is 1.86. The molecule has 3 nitrogen and oxygen atoms in total. The molecule has 2 rings (SSSR count). The third-order valence-corrected chi connectivity index (χ3v) is 3.63. The Morgan fingerprint density at radius 2 is 2.19 bits per heavy atom. The second-order valence-electron chi connectivity index (χ2n) is 4.17. The highest BCUT2D eigenvalue weighted by Gasteiger charge is 2.10. The smallest absolute Gasteiger partial charge is 0.252 e. The van der Waals surface area contributed by atoms with Gasteiger partial charge >= 0.3 is 0 Å². The van der Waals surface area contributed by atoms with Gasteiger partial charge in [0.05, 0.1) is 0 Å². The average molecular weight is 238 g/mol. The number of nitrogens with one attached hydrogen (secondary N) is 1. The molecule has 0 aromatic carbocycles. The van der Waals surface area contributed by atoms with E-state index in [0.717, 1.165) is 18.7 Å². The van der Waals surface area contributed by atoms with E-state index in [0.29, 0.717) is 0 Å². The molecule has 0 spiro atoms. The fraction of sp³-hybridized carbons (Fsp3) is 0.583. The molecule has 1 fully saturated rings. The molecule has 1 amide bonds. The van der Waals surface area contributed by atoms with E-state index in [1.165, 1.54) is 32.4 Å². The molecular formula is C12H18N2OS. The first kappa shape index (κ1) is 11.6. The Bertz CT molecular complexity index is 318. The Hall–Kier alpha value is -0.870. The average Bonchev–Trinajstić information content (AvgIpc) is 2.84. The van der Waals surface area contributed by atoms with E-state index in [4.69, 9.17) is 0 Å². The quantitative estimate of drug-likeness (QED) is 0.869. The number of carbonyl (C=O) groups excluding carboxylic acids is 1.